The molecule has 0 spiro atoms. The summed E-state index contributed by atoms with van der Waals surface area (Å²) >= 11 is 6.40. The fraction of sp³-hybridized carbons (Fsp3) is 0.320. The summed E-state index contributed by atoms with van der Waals surface area (Å²) in [6, 6.07) is 22.9. The second kappa shape index (κ2) is 9.67. The fourth-order valence-corrected chi connectivity index (χ4v) is 4.38. The molecule has 0 bridgehead atoms. The van der Waals surface area contributed by atoms with E-state index >= 15 is 0 Å². The third-order valence-electron chi connectivity index (χ3n) is 5.77. The summed E-state index contributed by atoms with van der Waals surface area (Å²) < 4.78 is 25.1. The van der Waals surface area contributed by atoms with E-state index in [9.17, 15) is 5.11 Å². The topological polar surface area (TPSA) is 70.0 Å². The van der Waals surface area contributed by atoms with Gasteiger partial charge in [0.2, 0.25) is 0 Å². The molecule has 0 saturated carbocycles. The number of aliphatic hydroxyl groups excluding tert-OH is 1. The van der Waals surface area contributed by atoms with Crippen LogP contribution >= 0.6 is 11.6 Å². The second-order valence-corrected chi connectivity index (χ2v) is 8.26. The van der Waals surface area contributed by atoms with Gasteiger partial charge in [0.25, 0.3) is 0 Å². The lowest BCUT2D eigenvalue weighted by atomic mass is 9.95. The van der Waals surface area contributed by atoms with Crippen LogP contribution in [0.25, 0.3) is 0 Å². The molecule has 2 aromatic carbocycles. The molecule has 2 aliphatic heterocycles. The van der Waals surface area contributed by atoms with E-state index in [0.717, 1.165) is 16.8 Å². The van der Waals surface area contributed by atoms with Crippen LogP contribution in [0, 0.1) is 0 Å². The van der Waals surface area contributed by atoms with Crippen LogP contribution in [-0.2, 0) is 25.4 Å². The number of halogens is 1. The molecule has 0 radical (unpaired) electrons. The molecule has 3 heterocycles. The van der Waals surface area contributed by atoms with Crippen LogP contribution in [-0.4, -0.2) is 41.1 Å². The standard InChI is InChI=1S/C25H24ClNO5/c26-18-12-7-13-27-19(18)14-20-22-23(32-24(29-20)16-8-3-1-4-9-16)21(15-28)30-25(31-22)17-10-5-2-6-11-17/h1-13,20-25,28H,14-15H2. The first kappa shape index (κ1) is 21.5. The highest BCUT2D eigenvalue weighted by atomic mass is 35.5. The zero-order valence-corrected chi connectivity index (χ0v) is 18.0. The summed E-state index contributed by atoms with van der Waals surface area (Å²) in [6.45, 7) is -0.202. The molecule has 2 fully saturated rings. The minimum absolute atomic E-state index is 0.202. The van der Waals surface area contributed by atoms with Gasteiger partial charge in [-0.3, -0.25) is 4.98 Å². The molecule has 0 amide bonds. The smallest absolute Gasteiger partial charge is 0.184 e. The van der Waals surface area contributed by atoms with Crippen LogP contribution in [0.4, 0.5) is 0 Å². The van der Waals surface area contributed by atoms with Crippen LogP contribution in [0.1, 0.15) is 29.4 Å². The van der Waals surface area contributed by atoms with Gasteiger partial charge in [-0.1, -0.05) is 72.3 Å². The molecular weight excluding hydrogens is 430 g/mol. The number of hydrogen-bond acceptors (Lipinski definition) is 6. The number of benzene rings is 2. The summed E-state index contributed by atoms with van der Waals surface area (Å²) in [5.41, 5.74) is 2.47. The molecule has 7 heteroatoms. The predicted octanol–water partition coefficient (Wildman–Crippen LogP) is 4.24. The van der Waals surface area contributed by atoms with Crippen LogP contribution in [0.2, 0.25) is 5.02 Å². The summed E-state index contributed by atoms with van der Waals surface area (Å²) in [7, 11) is 0. The zero-order chi connectivity index (χ0) is 21.9. The van der Waals surface area contributed by atoms with E-state index < -0.39 is 37.0 Å². The number of nitrogens with zero attached hydrogens (tertiary/aromatic N) is 1. The van der Waals surface area contributed by atoms with Gasteiger partial charge in [-0.15, -0.1) is 0 Å². The maximum Gasteiger partial charge on any atom is 0.184 e. The molecule has 2 aliphatic rings. The van der Waals surface area contributed by atoms with Crippen molar-refractivity contribution in [2.45, 2.75) is 43.4 Å². The molecule has 1 N–H and O–H groups in total. The molecule has 32 heavy (non-hydrogen) atoms. The number of fused-ring (bicyclic) bond motifs is 1. The van der Waals surface area contributed by atoms with Gasteiger partial charge in [0.15, 0.2) is 12.6 Å². The van der Waals surface area contributed by atoms with E-state index in [-0.39, 0.29) is 6.61 Å². The molecule has 6 nitrogen and oxygen atoms in total. The molecule has 6 unspecified atom stereocenters. The third kappa shape index (κ3) is 4.43. The predicted molar refractivity (Wildman–Crippen MR) is 118 cm³/mol. The largest absolute Gasteiger partial charge is 0.394 e. The number of aliphatic hydroxyl groups is 1. The first-order valence-corrected chi connectivity index (χ1v) is 11.0. The Morgan fingerprint density at radius 1 is 0.719 bits per heavy atom. The Morgan fingerprint density at radius 2 is 1.28 bits per heavy atom. The Bertz CT molecular complexity index is 1020. The highest BCUT2D eigenvalue weighted by Gasteiger charge is 2.50. The highest BCUT2D eigenvalue weighted by molar-refractivity contribution is 6.31. The van der Waals surface area contributed by atoms with Crippen LogP contribution in [0.5, 0.6) is 0 Å². The second-order valence-electron chi connectivity index (χ2n) is 7.85. The molecule has 2 saturated heterocycles. The van der Waals surface area contributed by atoms with E-state index in [1.54, 1.807) is 12.3 Å². The maximum absolute atomic E-state index is 10.1. The van der Waals surface area contributed by atoms with Crippen molar-refractivity contribution in [3.8, 4) is 0 Å². The normalized spacial score (nSPS) is 29.9. The first-order valence-electron chi connectivity index (χ1n) is 10.6. The Kier molecular flexibility index (Phi) is 6.50. The summed E-state index contributed by atoms with van der Waals surface area (Å²) in [5, 5.41) is 10.7. The Hall–Kier alpha value is -2.32. The molecule has 3 aromatic rings. The Morgan fingerprint density at radius 3 is 1.84 bits per heavy atom. The van der Waals surface area contributed by atoms with Gasteiger partial charge in [0, 0.05) is 23.7 Å². The molecular formula is C25H24ClNO5. The molecule has 166 valence electrons. The third-order valence-corrected chi connectivity index (χ3v) is 6.11. The van der Waals surface area contributed by atoms with Crippen molar-refractivity contribution in [2.75, 3.05) is 6.61 Å². The van der Waals surface area contributed by atoms with E-state index in [1.165, 1.54) is 0 Å². The summed E-state index contributed by atoms with van der Waals surface area (Å²) in [6.07, 6.45) is -1.10. The number of aromatic nitrogens is 1. The SMILES string of the molecule is OCC1OC(c2ccccc2)OC2C(Cc3ncccc3Cl)OC(c3ccccc3)OC12. The van der Waals surface area contributed by atoms with Gasteiger partial charge < -0.3 is 24.1 Å². The fourth-order valence-electron chi connectivity index (χ4n) is 4.18. The maximum atomic E-state index is 10.1. The average molecular weight is 454 g/mol. The van der Waals surface area contributed by atoms with Gasteiger partial charge in [-0.25, -0.2) is 0 Å². The van der Waals surface area contributed by atoms with Gasteiger partial charge in [-0.2, -0.15) is 0 Å². The zero-order valence-electron chi connectivity index (χ0n) is 17.3. The number of pyridine rings is 1. The quantitative estimate of drug-likeness (QED) is 0.623. The minimum Gasteiger partial charge on any atom is -0.394 e. The van der Waals surface area contributed by atoms with Crippen molar-refractivity contribution >= 4 is 11.6 Å². The number of rotatable bonds is 5. The van der Waals surface area contributed by atoms with Crippen molar-refractivity contribution < 1.29 is 24.1 Å². The van der Waals surface area contributed by atoms with Gasteiger partial charge >= 0.3 is 0 Å². The van der Waals surface area contributed by atoms with E-state index in [2.05, 4.69) is 4.98 Å². The number of ether oxygens (including phenoxy) is 4. The molecule has 6 atom stereocenters. The van der Waals surface area contributed by atoms with E-state index in [0.29, 0.717) is 11.4 Å². The lowest BCUT2D eigenvalue weighted by molar-refractivity contribution is -0.384. The Balaban J connectivity index is 1.48. The Labute approximate surface area is 191 Å². The van der Waals surface area contributed by atoms with Crippen molar-refractivity contribution in [2.24, 2.45) is 0 Å². The monoisotopic (exact) mass is 453 g/mol. The molecule has 0 aliphatic carbocycles. The number of hydrogen-bond donors (Lipinski definition) is 1. The van der Waals surface area contributed by atoms with Gasteiger partial charge in [0.1, 0.15) is 18.3 Å². The summed E-state index contributed by atoms with van der Waals surface area (Å²) in [5.74, 6) is 0. The minimum atomic E-state index is -0.642. The van der Waals surface area contributed by atoms with Crippen molar-refractivity contribution in [3.63, 3.8) is 0 Å². The van der Waals surface area contributed by atoms with Crippen LogP contribution < -0.4 is 0 Å². The van der Waals surface area contributed by atoms with Crippen molar-refractivity contribution in [1.82, 2.24) is 4.98 Å². The van der Waals surface area contributed by atoms with E-state index in [1.807, 2.05) is 66.7 Å². The van der Waals surface area contributed by atoms with Crippen LogP contribution in [0.3, 0.4) is 0 Å². The van der Waals surface area contributed by atoms with Crippen molar-refractivity contribution in [1.29, 1.82) is 0 Å². The average Bonchev–Trinajstić information content (AvgIpc) is 2.86. The molecule has 1 aromatic heterocycles. The summed E-state index contributed by atoms with van der Waals surface area (Å²) in [4.78, 5) is 4.44. The highest BCUT2D eigenvalue weighted by Crippen LogP contribution is 2.41. The lowest BCUT2D eigenvalue weighted by Crippen LogP contribution is -2.59. The lowest BCUT2D eigenvalue weighted by Gasteiger charge is -2.49. The first-order chi connectivity index (χ1) is 15.7. The van der Waals surface area contributed by atoms with Gasteiger partial charge in [0.05, 0.1) is 23.4 Å². The van der Waals surface area contributed by atoms with Crippen molar-refractivity contribution in [3.05, 3.63) is 101 Å². The van der Waals surface area contributed by atoms with E-state index in [4.69, 9.17) is 30.5 Å². The van der Waals surface area contributed by atoms with Gasteiger partial charge in [-0.05, 0) is 12.1 Å². The van der Waals surface area contributed by atoms with Crippen LogP contribution in [0.15, 0.2) is 79.0 Å². The molecule has 5 rings (SSSR count).